The molecule has 1 heterocycles. The number of aryl methyl sites for hydroxylation is 2. The van der Waals surface area contributed by atoms with E-state index in [4.69, 9.17) is 5.11 Å². The second-order valence-electron chi connectivity index (χ2n) is 5.94. The molecule has 0 radical (unpaired) electrons. The van der Waals surface area contributed by atoms with Gasteiger partial charge in [0.2, 0.25) is 11.9 Å². The van der Waals surface area contributed by atoms with Crippen molar-refractivity contribution in [2.75, 3.05) is 5.32 Å². The van der Waals surface area contributed by atoms with Gasteiger partial charge in [-0.2, -0.15) is 0 Å². The highest BCUT2D eigenvalue weighted by atomic mass is 16.4. The van der Waals surface area contributed by atoms with Gasteiger partial charge in [-0.15, -0.1) is 5.10 Å². The van der Waals surface area contributed by atoms with Crippen LogP contribution in [0.3, 0.4) is 0 Å². The van der Waals surface area contributed by atoms with E-state index in [2.05, 4.69) is 47.4 Å². The number of hydrogen-bond donors (Lipinski definition) is 2. The summed E-state index contributed by atoms with van der Waals surface area (Å²) in [6.07, 6.45) is 2.10. The van der Waals surface area contributed by atoms with Crippen molar-refractivity contribution in [1.29, 1.82) is 0 Å². The smallest absolute Gasteiger partial charge is 0.325 e. The number of carboxylic acid groups (broad SMARTS) is 1. The van der Waals surface area contributed by atoms with Crippen molar-refractivity contribution in [2.24, 2.45) is 5.92 Å². The van der Waals surface area contributed by atoms with Gasteiger partial charge >= 0.3 is 5.97 Å². The Hall–Kier alpha value is -2.70. The number of rotatable bonds is 5. The number of benzene rings is 1. The molecule has 0 saturated heterocycles. The molecule has 1 aliphatic carbocycles. The van der Waals surface area contributed by atoms with Gasteiger partial charge < -0.3 is 5.11 Å². The normalized spacial score (nSPS) is 19.4. The van der Waals surface area contributed by atoms with Gasteiger partial charge in [0, 0.05) is 5.92 Å². The molecule has 7 heteroatoms. The van der Waals surface area contributed by atoms with Gasteiger partial charge in [0.15, 0.2) is 0 Å². The molecule has 0 spiro atoms. The standard InChI is InChI=1S/C16H18N4O3/c1-9-3-4-11(5-10(9)2)12-6-13(12)15(23)18-16-17-8-20(19-16)7-14(21)22/h3-5,8,12-13H,6-7H2,1-2H3,(H,21,22)(H,18,19,23). The first kappa shape index (κ1) is 15.2. The number of carbonyl (C=O) groups is 2. The maximum Gasteiger partial charge on any atom is 0.325 e. The molecule has 2 N–H and O–H groups in total. The molecule has 2 aromatic rings. The van der Waals surface area contributed by atoms with E-state index in [0.29, 0.717) is 0 Å². The molecule has 1 aromatic carbocycles. The first-order valence-electron chi connectivity index (χ1n) is 7.43. The summed E-state index contributed by atoms with van der Waals surface area (Å²) in [6.45, 7) is 3.85. The minimum absolute atomic E-state index is 0.0801. The van der Waals surface area contributed by atoms with Gasteiger partial charge in [-0.05, 0) is 42.9 Å². The molecule has 23 heavy (non-hydrogen) atoms. The van der Waals surface area contributed by atoms with E-state index in [0.717, 1.165) is 6.42 Å². The summed E-state index contributed by atoms with van der Waals surface area (Å²) in [5, 5.41) is 15.2. The molecule has 120 valence electrons. The first-order chi connectivity index (χ1) is 10.9. The molecule has 2 atom stereocenters. The molecular weight excluding hydrogens is 296 g/mol. The number of aliphatic carboxylic acids is 1. The van der Waals surface area contributed by atoms with Crippen molar-refractivity contribution < 1.29 is 14.7 Å². The molecule has 1 amide bonds. The van der Waals surface area contributed by atoms with Crippen LogP contribution in [0.4, 0.5) is 5.95 Å². The zero-order valence-electron chi connectivity index (χ0n) is 13.0. The molecule has 1 aromatic heterocycles. The Balaban J connectivity index is 1.60. The van der Waals surface area contributed by atoms with Crippen molar-refractivity contribution in [3.05, 3.63) is 41.2 Å². The van der Waals surface area contributed by atoms with E-state index >= 15 is 0 Å². The molecular formula is C16H18N4O3. The Labute approximate surface area is 133 Å². The number of anilines is 1. The van der Waals surface area contributed by atoms with E-state index < -0.39 is 5.97 Å². The quantitative estimate of drug-likeness (QED) is 0.876. The number of nitrogens with zero attached hydrogens (tertiary/aromatic N) is 3. The average molecular weight is 314 g/mol. The third-order valence-corrected chi connectivity index (χ3v) is 4.16. The SMILES string of the molecule is Cc1ccc(C2CC2C(=O)Nc2ncn(CC(=O)O)n2)cc1C. The molecule has 1 saturated carbocycles. The number of aromatic nitrogens is 3. The second-order valence-corrected chi connectivity index (χ2v) is 5.94. The minimum atomic E-state index is -1.01. The first-order valence-corrected chi connectivity index (χ1v) is 7.43. The van der Waals surface area contributed by atoms with Crippen molar-refractivity contribution in [3.8, 4) is 0 Å². The van der Waals surface area contributed by atoms with Crippen molar-refractivity contribution in [1.82, 2.24) is 14.8 Å². The maximum atomic E-state index is 12.2. The zero-order valence-corrected chi connectivity index (χ0v) is 13.0. The molecule has 0 aliphatic heterocycles. The van der Waals surface area contributed by atoms with Gasteiger partial charge in [0.25, 0.3) is 0 Å². The van der Waals surface area contributed by atoms with Crippen LogP contribution in [0.15, 0.2) is 24.5 Å². The van der Waals surface area contributed by atoms with Crippen LogP contribution in [-0.4, -0.2) is 31.7 Å². The van der Waals surface area contributed by atoms with E-state index in [1.165, 1.54) is 27.7 Å². The summed E-state index contributed by atoms with van der Waals surface area (Å²) in [7, 11) is 0. The van der Waals surface area contributed by atoms with Crippen LogP contribution >= 0.6 is 0 Å². The molecule has 1 aliphatic rings. The Morgan fingerprint density at radius 2 is 2.13 bits per heavy atom. The molecule has 3 rings (SSSR count). The summed E-state index contributed by atoms with van der Waals surface area (Å²) in [5.74, 6) is -0.841. The Bertz CT molecular complexity index is 768. The largest absolute Gasteiger partial charge is 0.480 e. The minimum Gasteiger partial charge on any atom is -0.480 e. The van der Waals surface area contributed by atoms with Crippen molar-refractivity contribution in [2.45, 2.75) is 32.7 Å². The van der Waals surface area contributed by atoms with Crippen LogP contribution in [0.5, 0.6) is 0 Å². The number of carboxylic acids is 1. The Morgan fingerprint density at radius 1 is 1.35 bits per heavy atom. The van der Waals surface area contributed by atoms with E-state index in [1.807, 2.05) is 0 Å². The third kappa shape index (κ3) is 3.39. The van der Waals surface area contributed by atoms with Crippen LogP contribution in [0, 0.1) is 19.8 Å². The highest BCUT2D eigenvalue weighted by Gasteiger charge is 2.44. The second kappa shape index (κ2) is 5.83. The fourth-order valence-corrected chi connectivity index (χ4v) is 2.62. The van der Waals surface area contributed by atoms with Crippen LogP contribution in [-0.2, 0) is 16.1 Å². The molecule has 7 nitrogen and oxygen atoms in total. The van der Waals surface area contributed by atoms with Gasteiger partial charge in [0.1, 0.15) is 12.9 Å². The summed E-state index contributed by atoms with van der Waals surface area (Å²) < 4.78 is 1.17. The fraction of sp³-hybridized carbons (Fsp3) is 0.375. The Morgan fingerprint density at radius 3 is 2.83 bits per heavy atom. The predicted molar refractivity (Wildman–Crippen MR) is 83.1 cm³/mol. The topological polar surface area (TPSA) is 97.1 Å². The molecule has 0 bridgehead atoms. The lowest BCUT2D eigenvalue weighted by molar-refractivity contribution is -0.137. The van der Waals surface area contributed by atoms with Gasteiger partial charge in [0.05, 0.1) is 0 Å². The lowest BCUT2D eigenvalue weighted by atomic mass is 10.0. The van der Waals surface area contributed by atoms with E-state index in [1.54, 1.807) is 0 Å². The summed E-state index contributed by atoms with van der Waals surface area (Å²) >= 11 is 0. The number of amides is 1. The van der Waals surface area contributed by atoms with E-state index in [-0.39, 0.29) is 30.2 Å². The maximum absolute atomic E-state index is 12.2. The zero-order chi connectivity index (χ0) is 16.6. The lowest BCUT2D eigenvalue weighted by Gasteiger charge is -2.05. The summed E-state index contributed by atoms with van der Waals surface area (Å²) in [6, 6.07) is 6.28. The van der Waals surface area contributed by atoms with Crippen LogP contribution in [0.2, 0.25) is 0 Å². The monoisotopic (exact) mass is 314 g/mol. The third-order valence-electron chi connectivity index (χ3n) is 4.16. The molecule has 2 unspecified atom stereocenters. The predicted octanol–water partition coefficient (Wildman–Crippen LogP) is 1.72. The van der Waals surface area contributed by atoms with Gasteiger partial charge in [-0.1, -0.05) is 18.2 Å². The van der Waals surface area contributed by atoms with Crippen molar-refractivity contribution >= 4 is 17.8 Å². The summed E-state index contributed by atoms with van der Waals surface area (Å²) in [4.78, 5) is 26.7. The van der Waals surface area contributed by atoms with Crippen LogP contribution in [0.1, 0.15) is 29.0 Å². The number of hydrogen-bond acceptors (Lipinski definition) is 4. The highest BCUT2D eigenvalue weighted by Crippen LogP contribution is 2.48. The highest BCUT2D eigenvalue weighted by molar-refractivity contribution is 5.93. The van der Waals surface area contributed by atoms with Crippen LogP contribution < -0.4 is 5.32 Å². The number of carbonyl (C=O) groups excluding carboxylic acids is 1. The van der Waals surface area contributed by atoms with Gasteiger partial charge in [-0.25, -0.2) is 9.67 Å². The van der Waals surface area contributed by atoms with Crippen LogP contribution in [0.25, 0.3) is 0 Å². The lowest BCUT2D eigenvalue weighted by Crippen LogP contribution is -2.16. The molecule has 1 fully saturated rings. The van der Waals surface area contributed by atoms with Crippen molar-refractivity contribution in [3.63, 3.8) is 0 Å². The Kier molecular flexibility index (Phi) is 3.85. The van der Waals surface area contributed by atoms with Gasteiger partial charge in [-0.3, -0.25) is 14.9 Å². The van der Waals surface area contributed by atoms with E-state index in [9.17, 15) is 9.59 Å². The number of nitrogens with one attached hydrogen (secondary N) is 1. The fourth-order valence-electron chi connectivity index (χ4n) is 2.62. The summed E-state index contributed by atoms with van der Waals surface area (Å²) in [5.41, 5.74) is 3.64. The average Bonchev–Trinajstić information content (AvgIpc) is 3.17.